The molecular weight excluding hydrogens is 156 g/mol. The maximum atomic E-state index is 10.4. The summed E-state index contributed by atoms with van der Waals surface area (Å²) in [5, 5.41) is 5.83. The molecule has 0 saturated heterocycles. The third kappa shape index (κ3) is 9.39. The number of carbonyl (C=O) groups excluding carboxylic acids is 1. The van der Waals surface area contributed by atoms with Crippen molar-refractivity contribution in [3.63, 3.8) is 0 Å². The molecule has 0 aliphatic heterocycles. The fourth-order valence-corrected chi connectivity index (χ4v) is 0.741. The van der Waals surface area contributed by atoms with Gasteiger partial charge in [-0.15, -0.1) is 0 Å². The first-order valence-corrected chi connectivity index (χ1v) is 4.30. The zero-order valence-electron chi connectivity index (χ0n) is 7.85. The highest BCUT2D eigenvalue weighted by molar-refractivity contribution is 5.72. The van der Waals surface area contributed by atoms with E-state index in [0.29, 0.717) is 6.54 Å². The zero-order valence-corrected chi connectivity index (χ0v) is 7.85. The number of hydrogen-bond donors (Lipinski definition) is 2. The molecule has 0 aliphatic carbocycles. The summed E-state index contributed by atoms with van der Waals surface area (Å²) in [5.74, 6) is 0.0154. The molecule has 0 atom stereocenters. The fourth-order valence-electron chi connectivity index (χ4n) is 0.741. The Morgan fingerprint density at radius 2 is 2.08 bits per heavy atom. The Morgan fingerprint density at radius 1 is 1.33 bits per heavy atom. The molecule has 0 spiro atoms. The zero-order chi connectivity index (χ0) is 9.23. The predicted molar refractivity (Wildman–Crippen MR) is 48.0 cm³/mol. The van der Waals surface area contributed by atoms with Crippen LogP contribution in [0.3, 0.4) is 0 Å². The Kier molecular flexibility index (Phi) is 8.05. The largest absolute Gasteiger partial charge is 0.380 e. The lowest BCUT2D eigenvalue weighted by Gasteiger charge is -2.04. The molecule has 0 unspecified atom stereocenters. The highest BCUT2D eigenvalue weighted by Gasteiger charge is 1.89. The molecule has 12 heavy (non-hydrogen) atoms. The van der Waals surface area contributed by atoms with Gasteiger partial charge >= 0.3 is 0 Å². The highest BCUT2D eigenvalue weighted by Crippen LogP contribution is 1.69. The lowest BCUT2D eigenvalue weighted by atomic mass is 10.5. The van der Waals surface area contributed by atoms with E-state index in [-0.39, 0.29) is 5.91 Å². The second-order valence-corrected chi connectivity index (χ2v) is 2.43. The van der Waals surface area contributed by atoms with E-state index >= 15 is 0 Å². The molecule has 0 rings (SSSR count). The average Bonchev–Trinajstić information content (AvgIpc) is 2.02. The summed E-state index contributed by atoms with van der Waals surface area (Å²) in [7, 11) is 0. The summed E-state index contributed by atoms with van der Waals surface area (Å²) in [5.41, 5.74) is 0. The number of hydrogen-bond acceptors (Lipinski definition) is 3. The van der Waals surface area contributed by atoms with Crippen LogP contribution < -0.4 is 10.6 Å². The number of carbonyl (C=O) groups is 1. The van der Waals surface area contributed by atoms with Crippen molar-refractivity contribution in [2.45, 2.75) is 13.8 Å². The van der Waals surface area contributed by atoms with E-state index in [1.807, 2.05) is 6.92 Å². The van der Waals surface area contributed by atoms with E-state index in [0.717, 1.165) is 26.3 Å². The van der Waals surface area contributed by atoms with Gasteiger partial charge in [0.15, 0.2) is 0 Å². The minimum Gasteiger partial charge on any atom is -0.380 e. The van der Waals surface area contributed by atoms with Gasteiger partial charge in [-0.3, -0.25) is 4.79 Å². The molecule has 72 valence electrons. The summed E-state index contributed by atoms with van der Waals surface area (Å²) < 4.78 is 5.11. The SMILES string of the molecule is CCOCCNCCNC(C)=O. The van der Waals surface area contributed by atoms with Crippen molar-refractivity contribution >= 4 is 5.91 Å². The molecule has 0 aromatic heterocycles. The Hall–Kier alpha value is -0.610. The number of rotatable bonds is 7. The Labute approximate surface area is 73.7 Å². The maximum absolute atomic E-state index is 10.4. The average molecular weight is 174 g/mol. The summed E-state index contributed by atoms with van der Waals surface area (Å²) in [6, 6.07) is 0. The third-order valence-corrected chi connectivity index (χ3v) is 1.30. The van der Waals surface area contributed by atoms with Gasteiger partial charge in [-0.05, 0) is 6.92 Å². The smallest absolute Gasteiger partial charge is 0.216 e. The molecular formula is C8H18N2O2. The summed E-state index contributed by atoms with van der Waals surface area (Å²) >= 11 is 0. The molecule has 0 radical (unpaired) electrons. The van der Waals surface area contributed by atoms with Crippen LogP contribution in [0.25, 0.3) is 0 Å². The van der Waals surface area contributed by atoms with E-state index in [1.54, 1.807) is 0 Å². The lowest BCUT2D eigenvalue weighted by molar-refractivity contribution is -0.118. The van der Waals surface area contributed by atoms with Gasteiger partial charge < -0.3 is 15.4 Å². The Balaban J connectivity index is 2.86. The predicted octanol–water partition coefficient (Wildman–Crippen LogP) is -0.251. The van der Waals surface area contributed by atoms with Gasteiger partial charge in [0.05, 0.1) is 6.61 Å². The fraction of sp³-hybridized carbons (Fsp3) is 0.875. The first kappa shape index (κ1) is 11.4. The highest BCUT2D eigenvalue weighted by atomic mass is 16.5. The molecule has 1 amide bonds. The molecule has 0 fully saturated rings. The Bertz CT molecular complexity index is 118. The minimum atomic E-state index is 0.0154. The van der Waals surface area contributed by atoms with Crippen LogP contribution in [0.2, 0.25) is 0 Å². The molecule has 0 aromatic rings. The van der Waals surface area contributed by atoms with Crippen molar-refractivity contribution in [3.05, 3.63) is 0 Å². The molecule has 0 heterocycles. The first-order chi connectivity index (χ1) is 5.77. The monoisotopic (exact) mass is 174 g/mol. The van der Waals surface area contributed by atoms with Gasteiger partial charge in [-0.2, -0.15) is 0 Å². The lowest BCUT2D eigenvalue weighted by Crippen LogP contribution is -2.31. The van der Waals surface area contributed by atoms with Crippen molar-refractivity contribution in [1.29, 1.82) is 0 Å². The van der Waals surface area contributed by atoms with Gasteiger partial charge in [0.2, 0.25) is 5.91 Å². The molecule has 4 heteroatoms. The molecule has 0 aromatic carbocycles. The maximum Gasteiger partial charge on any atom is 0.216 e. The first-order valence-electron chi connectivity index (χ1n) is 4.30. The van der Waals surface area contributed by atoms with Crippen LogP contribution in [0.4, 0.5) is 0 Å². The molecule has 4 nitrogen and oxygen atoms in total. The molecule has 0 saturated carbocycles. The van der Waals surface area contributed by atoms with Crippen LogP contribution in [0, 0.1) is 0 Å². The Morgan fingerprint density at radius 3 is 2.67 bits per heavy atom. The van der Waals surface area contributed by atoms with Crippen LogP contribution in [0.1, 0.15) is 13.8 Å². The van der Waals surface area contributed by atoms with E-state index < -0.39 is 0 Å². The van der Waals surface area contributed by atoms with E-state index in [2.05, 4.69) is 10.6 Å². The van der Waals surface area contributed by atoms with Gasteiger partial charge in [-0.25, -0.2) is 0 Å². The molecule has 0 bridgehead atoms. The van der Waals surface area contributed by atoms with Crippen molar-refractivity contribution < 1.29 is 9.53 Å². The molecule has 2 N–H and O–H groups in total. The van der Waals surface area contributed by atoms with Crippen LogP contribution in [0.15, 0.2) is 0 Å². The number of nitrogens with one attached hydrogen (secondary N) is 2. The number of ether oxygens (including phenoxy) is 1. The van der Waals surface area contributed by atoms with Gasteiger partial charge in [0, 0.05) is 33.2 Å². The molecule has 0 aliphatic rings. The van der Waals surface area contributed by atoms with Crippen molar-refractivity contribution in [2.75, 3.05) is 32.8 Å². The van der Waals surface area contributed by atoms with Gasteiger partial charge in [0.25, 0.3) is 0 Å². The van der Waals surface area contributed by atoms with E-state index in [4.69, 9.17) is 4.74 Å². The van der Waals surface area contributed by atoms with Crippen LogP contribution in [-0.4, -0.2) is 38.8 Å². The third-order valence-electron chi connectivity index (χ3n) is 1.30. The van der Waals surface area contributed by atoms with Crippen LogP contribution >= 0.6 is 0 Å². The van der Waals surface area contributed by atoms with Gasteiger partial charge in [0.1, 0.15) is 0 Å². The topological polar surface area (TPSA) is 50.4 Å². The van der Waals surface area contributed by atoms with Crippen molar-refractivity contribution in [3.8, 4) is 0 Å². The van der Waals surface area contributed by atoms with E-state index in [1.165, 1.54) is 6.92 Å². The van der Waals surface area contributed by atoms with Crippen molar-refractivity contribution in [1.82, 2.24) is 10.6 Å². The van der Waals surface area contributed by atoms with Crippen LogP contribution in [-0.2, 0) is 9.53 Å². The summed E-state index contributed by atoms with van der Waals surface area (Å²) in [4.78, 5) is 10.4. The standard InChI is InChI=1S/C8H18N2O2/c1-3-12-7-6-9-4-5-10-8(2)11/h9H,3-7H2,1-2H3,(H,10,11). The quantitative estimate of drug-likeness (QED) is 0.523. The summed E-state index contributed by atoms with van der Waals surface area (Å²) in [6.07, 6.45) is 0. The minimum absolute atomic E-state index is 0.0154. The van der Waals surface area contributed by atoms with Gasteiger partial charge in [-0.1, -0.05) is 0 Å². The van der Waals surface area contributed by atoms with Crippen LogP contribution in [0.5, 0.6) is 0 Å². The summed E-state index contributed by atoms with van der Waals surface area (Å²) in [6.45, 7) is 7.29. The second-order valence-electron chi connectivity index (χ2n) is 2.43. The van der Waals surface area contributed by atoms with E-state index in [9.17, 15) is 4.79 Å². The second kappa shape index (κ2) is 8.49. The number of amides is 1. The normalized spacial score (nSPS) is 9.83. The van der Waals surface area contributed by atoms with Crippen molar-refractivity contribution in [2.24, 2.45) is 0 Å².